The van der Waals surface area contributed by atoms with Crippen molar-refractivity contribution in [2.45, 2.75) is 31.2 Å². The Bertz CT molecular complexity index is 357. The lowest BCUT2D eigenvalue weighted by molar-refractivity contribution is -0.137. The van der Waals surface area contributed by atoms with Gasteiger partial charge in [-0.15, -0.1) is 0 Å². The minimum atomic E-state index is -4.36. The summed E-state index contributed by atoms with van der Waals surface area (Å²) in [5.74, 6) is 0.213. The van der Waals surface area contributed by atoms with Gasteiger partial charge in [-0.2, -0.15) is 13.2 Å². The standard InChI is InChI=1S/C10H11F3N2O/c11-10(12,13)6-1-2-9(15-5-6)16-8-3-7(14)4-8/h1-2,5,7-8H,3-4,14H2/t7-,8-. The van der Waals surface area contributed by atoms with Gasteiger partial charge in [0, 0.05) is 18.3 Å². The lowest BCUT2D eigenvalue weighted by atomic mass is 9.90. The average molecular weight is 232 g/mol. The Morgan fingerprint density at radius 3 is 2.44 bits per heavy atom. The summed E-state index contributed by atoms with van der Waals surface area (Å²) in [7, 11) is 0. The van der Waals surface area contributed by atoms with E-state index in [0.29, 0.717) is 0 Å². The van der Waals surface area contributed by atoms with Gasteiger partial charge in [-0.25, -0.2) is 4.98 Å². The first kappa shape index (κ1) is 11.2. The minimum absolute atomic E-state index is 0.0146. The fourth-order valence-electron chi connectivity index (χ4n) is 1.49. The van der Waals surface area contributed by atoms with Crippen molar-refractivity contribution in [1.82, 2.24) is 4.98 Å². The van der Waals surface area contributed by atoms with Crippen LogP contribution in [0.25, 0.3) is 0 Å². The zero-order chi connectivity index (χ0) is 11.8. The summed E-state index contributed by atoms with van der Waals surface area (Å²) in [6.07, 6.45) is -2.15. The summed E-state index contributed by atoms with van der Waals surface area (Å²) >= 11 is 0. The number of nitrogens with zero attached hydrogens (tertiary/aromatic N) is 1. The Morgan fingerprint density at radius 1 is 1.31 bits per heavy atom. The van der Waals surface area contributed by atoms with Gasteiger partial charge in [0.1, 0.15) is 6.10 Å². The van der Waals surface area contributed by atoms with E-state index in [0.717, 1.165) is 25.1 Å². The molecule has 2 N–H and O–H groups in total. The number of halogens is 3. The van der Waals surface area contributed by atoms with E-state index in [1.54, 1.807) is 0 Å². The Hall–Kier alpha value is -1.30. The van der Waals surface area contributed by atoms with Crippen molar-refractivity contribution in [3.63, 3.8) is 0 Å². The highest BCUT2D eigenvalue weighted by molar-refractivity contribution is 5.20. The molecule has 0 aromatic carbocycles. The van der Waals surface area contributed by atoms with Crippen LogP contribution in [0.15, 0.2) is 18.3 Å². The predicted octanol–water partition coefficient (Wildman–Crippen LogP) is 1.97. The number of hydrogen-bond acceptors (Lipinski definition) is 3. The van der Waals surface area contributed by atoms with Gasteiger partial charge in [0.25, 0.3) is 0 Å². The van der Waals surface area contributed by atoms with E-state index < -0.39 is 11.7 Å². The first-order chi connectivity index (χ1) is 7.45. The van der Waals surface area contributed by atoms with Crippen molar-refractivity contribution in [2.75, 3.05) is 0 Å². The third-order valence-electron chi connectivity index (χ3n) is 2.48. The van der Waals surface area contributed by atoms with Gasteiger partial charge in [0.05, 0.1) is 5.56 Å². The molecule has 88 valence electrons. The molecule has 0 unspecified atom stereocenters. The van der Waals surface area contributed by atoms with Crippen molar-refractivity contribution < 1.29 is 17.9 Å². The molecule has 0 aliphatic heterocycles. The van der Waals surface area contributed by atoms with Crippen LogP contribution in [0, 0.1) is 0 Å². The smallest absolute Gasteiger partial charge is 0.417 e. The molecule has 2 rings (SSSR count). The molecule has 0 radical (unpaired) electrons. The Labute approximate surface area is 90.4 Å². The molecule has 0 atom stereocenters. The van der Waals surface area contributed by atoms with Gasteiger partial charge in [-0.3, -0.25) is 0 Å². The van der Waals surface area contributed by atoms with E-state index in [2.05, 4.69) is 4.98 Å². The zero-order valence-corrected chi connectivity index (χ0v) is 8.37. The van der Waals surface area contributed by atoms with Gasteiger partial charge >= 0.3 is 6.18 Å². The fraction of sp³-hybridized carbons (Fsp3) is 0.500. The molecule has 1 aromatic heterocycles. The number of aromatic nitrogens is 1. The number of nitrogens with two attached hydrogens (primary N) is 1. The number of hydrogen-bond donors (Lipinski definition) is 1. The van der Waals surface area contributed by atoms with Crippen LogP contribution >= 0.6 is 0 Å². The third-order valence-corrected chi connectivity index (χ3v) is 2.48. The molecular weight excluding hydrogens is 221 g/mol. The van der Waals surface area contributed by atoms with Crippen LogP contribution < -0.4 is 10.5 Å². The summed E-state index contributed by atoms with van der Waals surface area (Å²) < 4.78 is 42.0. The summed E-state index contributed by atoms with van der Waals surface area (Å²) in [4.78, 5) is 3.61. The van der Waals surface area contributed by atoms with Crippen LogP contribution in [0.1, 0.15) is 18.4 Å². The SMILES string of the molecule is N[C@H]1C[C@H](Oc2ccc(C(F)(F)F)cn2)C1. The third kappa shape index (κ3) is 2.44. The van der Waals surface area contributed by atoms with Gasteiger partial charge in [-0.1, -0.05) is 0 Å². The van der Waals surface area contributed by atoms with Crippen molar-refractivity contribution in [3.8, 4) is 5.88 Å². The average Bonchev–Trinajstić information content (AvgIpc) is 2.15. The van der Waals surface area contributed by atoms with Crippen molar-refractivity contribution >= 4 is 0 Å². The van der Waals surface area contributed by atoms with Crippen LogP contribution in [0.3, 0.4) is 0 Å². The maximum Gasteiger partial charge on any atom is 0.417 e. The minimum Gasteiger partial charge on any atom is -0.474 e. The fourth-order valence-corrected chi connectivity index (χ4v) is 1.49. The molecule has 0 saturated heterocycles. The number of pyridine rings is 1. The number of rotatable bonds is 2. The maximum atomic E-state index is 12.2. The predicted molar refractivity (Wildman–Crippen MR) is 50.9 cm³/mol. The summed E-state index contributed by atoms with van der Waals surface area (Å²) in [5.41, 5.74) is 4.78. The summed E-state index contributed by atoms with van der Waals surface area (Å²) in [6.45, 7) is 0. The molecule has 1 aliphatic rings. The molecule has 1 heterocycles. The molecule has 1 fully saturated rings. The Morgan fingerprint density at radius 2 is 2.00 bits per heavy atom. The second kappa shape index (κ2) is 3.93. The molecule has 16 heavy (non-hydrogen) atoms. The molecule has 1 aliphatic carbocycles. The second-order valence-electron chi connectivity index (χ2n) is 3.85. The summed E-state index contributed by atoms with van der Waals surface area (Å²) in [5, 5.41) is 0. The van der Waals surface area contributed by atoms with Gasteiger partial charge < -0.3 is 10.5 Å². The number of ether oxygens (including phenoxy) is 1. The second-order valence-corrected chi connectivity index (χ2v) is 3.85. The highest BCUT2D eigenvalue weighted by atomic mass is 19.4. The first-order valence-electron chi connectivity index (χ1n) is 4.90. The van der Waals surface area contributed by atoms with E-state index in [4.69, 9.17) is 10.5 Å². The molecule has 1 aromatic rings. The van der Waals surface area contributed by atoms with Crippen molar-refractivity contribution in [2.24, 2.45) is 5.73 Å². The van der Waals surface area contributed by atoms with E-state index in [9.17, 15) is 13.2 Å². The summed E-state index contributed by atoms with van der Waals surface area (Å²) in [6, 6.07) is 2.33. The van der Waals surface area contributed by atoms with Crippen LogP contribution in [0.5, 0.6) is 5.88 Å². The van der Waals surface area contributed by atoms with Crippen molar-refractivity contribution in [3.05, 3.63) is 23.9 Å². The van der Waals surface area contributed by atoms with Crippen LogP contribution in [-0.4, -0.2) is 17.1 Å². The van der Waals surface area contributed by atoms with Gasteiger partial charge in [0.15, 0.2) is 0 Å². The molecule has 0 spiro atoms. The highest BCUT2D eigenvalue weighted by Gasteiger charge is 2.31. The van der Waals surface area contributed by atoms with Crippen LogP contribution in [0.4, 0.5) is 13.2 Å². The van der Waals surface area contributed by atoms with Gasteiger partial charge in [0.2, 0.25) is 5.88 Å². The monoisotopic (exact) mass is 232 g/mol. The molecule has 0 amide bonds. The lowest BCUT2D eigenvalue weighted by Gasteiger charge is -2.32. The molecule has 6 heteroatoms. The quantitative estimate of drug-likeness (QED) is 0.848. The van der Waals surface area contributed by atoms with E-state index in [1.807, 2.05) is 0 Å². The Kier molecular flexibility index (Phi) is 2.75. The zero-order valence-electron chi connectivity index (χ0n) is 8.37. The first-order valence-corrected chi connectivity index (χ1v) is 4.90. The van der Waals surface area contributed by atoms with E-state index in [1.165, 1.54) is 6.07 Å². The van der Waals surface area contributed by atoms with E-state index >= 15 is 0 Å². The lowest BCUT2D eigenvalue weighted by Crippen LogP contribution is -2.43. The van der Waals surface area contributed by atoms with Crippen LogP contribution in [0.2, 0.25) is 0 Å². The highest BCUT2D eigenvalue weighted by Crippen LogP contribution is 2.30. The topological polar surface area (TPSA) is 48.1 Å². The van der Waals surface area contributed by atoms with Crippen molar-refractivity contribution in [1.29, 1.82) is 0 Å². The largest absolute Gasteiger partial charge is 0.474 e. The van der Waals surface area contributed by atoms with Crippen LogP contribution in [-0.2, 0) is 6.18 Å². The van der Waals surface area contributed by atoms with Gasteiger partial charge in [-0.05, 0) is 18.9 Å². The normalized spacial score (nSPS) is 25.0. The molecular formula is C10H11F3N2O. The molecule has 0 bridgehead atoms. The molecule has 1 saturated carbocycles. The Balaban J connectivity index is 1.97. The number of alkyl halides is 3. The van der Waals surface area contributed by atoms with E-state index in [-0.39, 0.29) is 18.0 Å². The molecule has 3 nitrogen and oxygen atoms in total. The maximum absolute atomic E-state index is 12.2.